The molecule has 2 atom stereocenters. The lowest BCUT2D eigenvalue weighted by atomic mass is 10.0. The number of carbonyl (C=O) groups excluding carboxylic acids is 2. The first-order valence-corrected chi connectivity index (χ1v) is 18.1. The molecule has 0 fully saturated rings. The van der Waals surface area contributed by atoms with E-state index in [9.17, 15) is 18.0 Å². The van der Waals surface area contributed by atoms with Gasteiger partial charge in [-0.3, -0.25) is 13.9 Å². The Bertz CT molecular complexity index is 1770. The molecular weight excluding hydrogens is 693 g/mol. The molecule has 0 saturated carbocycles. The minimum Gasteiger partial charge on any atom is -0.494 e. The third-order valence-electron chi connectivity index (χ3n) is 7.78. The zero-order valence-electron chi connectivity index (χ0n) is 26.9. The minimum absolute atomic E-state index is 0.0652. The highest BCUT2D eigenvalue weighted by Gasteiger charge is 2.35. The van der Waals surface area contributed by atoms with Crippen LogP contribution in [0, 0.1) is 0 Å². The smallest absolute Gasteiger partial charge is 0.264 e. The maximum Gasteiger partial charge on any atom is 0.264 e. The molecule has 4 aromatic carbocycles. The van der Waals surface area contributed by atoms with Crippen molar-refractivity contribution in [2.24, 2.45) is 0 Å². The largest absolute Gasteiger partial charge is 0.494 e. The van der Waals surface area contributed by atoms with Crippen LogP contribution < -0.4 is 14.4 Å². The molecule has 1 N–H and O–H groups in total. The van der Waals surface area contributed by atoms with Crippen LogP contribution in [0.5, 0.6) is 5.75 Å². The van der Waals surface area contributed by atoms with Crippen LogP contribution in [-0.4, -0.2) is 50.4 Å². The number of hydrogen-bond acceptors (Lipinski definition) is 5. The van der Waals surface area contributed by atoms with Gasteiger partial charge in [0.05, 0.1) is 17.2 Å². The standard InChI is InChI=1S/C36H38Cl3N3O5S/c1-4-25(3)40-36(44)34(22-26-10-7-6-8-11-26)41(23-31-32(38)12-9-13-33(31)39)35(43)24-42(28-16-18-29(19-17-28)47-5-2)48(45,46)30-20-14-27(37)15-21-30/h6-21,25,34H,4-5,22-24H2,1-3H3,(H,40,44)/t25-,34+/m1/s1. The normalized spacial score (nSPS) is 12.5. The molecule has 0 unspecified atom stereocenters. The van der Waals surface area contributed by atoms with Crippen molar-refractivity contribution in [1.82, 2.24) is 10.2 Å². The number of benzene rings is 4. The molecule has 0 bridgehead atoms. The average molecular weight is 731 g/mol. The van der Waals surface area contributed by atoms with Crippen LogP contribution in [0.25, 0.3) is 0 Å². The van der Waals surface area contributed by atoms with Crippen molar-refractivity contribution in [1.29, 1.82) is 0 Å². The molecule has 0 heterocycles. The first kappa shape index (κ1) is 37.1. The van der Waals surface area contributed by atoms with Gasteiger partial charge >= 0.3 is 0 Å². The molecular formula is C36H38Cl3N3O5S. The maximum absolute atomic E-state index is 14.7. The number of ether oxygens (including phenoxy) is 1. The van der Waals surface area contributed by atoms with Gasteiger partial charge in [-0.1, -0.05) is 78.1 Å². The van der Waals surface area contributed by atoms with Crippen molar-refractivity contribution < 1.29 is 22.7 Å². The van der Waals surface area contributed by atoms with E-state index in [0.717, 1.165) is 9.87 Å². The number of rotatable bonds is 15. The van der Waals surface area contributed by atoms with E-state index >= 15 is 0 Å². The number of carbonyl (C=O) groups is 2. The lowest BCUT2D eigenvalue weighted by Gasteiger charge is -2.34. The number of nitrogens with zero attached hydrogens (tertiary/aromatic N) is 2. The second-order valence-electron chi connectivity index (χ2n) is 11.1. The number of anilines is 1. The van der Waals surface area contributed by atoms with Crippen molar-refractivity contribution in [3.05, 3.63) is 123 Å². The van der Waals surface area contributed by atoms with Gasteiger partial charge in [0.2, 0.25) is 11.8 Å². The van der Waals surface area contributed by atoms with E-state index in [2.05, 4.69) is 5.32 Å². The van der Waals surface area contributed by atoms with E-state index in [1.165, 1.54) is 29.2 Å². The Morgan fingerprint density at radius 1 is 0.833 bits per heavy atom. The Hall–Kier alpha value is -3.76. The molecule has 48 heavy (non-hydrogen) atoms. The summed E-state index contributed by atoms with van der Waals surface area (Å²) in [5.74, 6) is -0.494. The third-order valence-corrected chi connectivity index (χ3v) is 10.5. The number of halogens is 3. The highest BCUT2D eigenvalue weighted by Crippen LogP contribution is 2.30. The lowest BCUT2D eigenvalue weighted by Crippen LogP contribution is -2.54. The van der Waals surface area contributed by atoms with Crippen LogP contribution in [0.15, 0.2) is 102 Å². The fourth-order valence-corrected chi connectivity index (χ4v) is 7.04. The van der Waals surface area contributed by atoms with Crippen LogP contribution in [-0.2, 0) is 32.6 Å². The zero-order valence-corrected chi connectivity index (χ0v) is 30.0. The van der Waals surface area contributed by atoms with Gasteiger partial charge in [0.15, 0.2) is 0 Å². The summed E-state index contributed by atoms with van der Waals surface area (Å²) < 4.78 is 35.0. The van der Waals surface area contributed by atoms with E-state index in [-0.39, 0.29) is 29.6 Å². The summed E-state index contributed by atoms with van der Waals surface area (Å²) in [4.78, 5) is 29.9. The molecule has 0 saturated heterocycles. The molecule has 0 aliphatic carbocycles. The first-order chi connectivity index (χ1) is 22.9. The molecule has 4 aromatic rings. The molecule has 2 amide bonds. The molecule has 254 valence electrons. The number of hydrogen-bond donors (Lipinski definition) is 1. The predicted octanol–water partition coefficient (Wildman–Crippen LogP) is 7.80. The summed E-state index contributed by atoms with van der Waals surface area (Å²) in [6.45, 7) is 5.29. The van der Waals surface area contributed by atoms with E-state index < -0.39 is 34.4 Å². The van der Waals surface area contributed by atoms with Gasteiger partial charge < -0.3 is 15.0 Å². The van der Waals surface area contributed by atoms with Gasteiger partial charge in [0.25, 0.3) is 10.0 Å². The lowest BCUT2D eigenvalue weighted by molar-refractivity contribution is -0.140. The quantitative estimate of drug-likeness (QED) is 0.135. The topological polar surface area (TPSA) is 96.0 Å². The Balaban J connectivity index is 1.84. The summed E-state index contributed by atoms with van der Waals surface area (Å²) in [6, 6.07) is 25.1. The second kappa shape index (κ2) is 17.1. The molecule has 8 nitrogen and oxygen atoms in total. The van der Waals surface area contributed by atoms with Crippen LogP contribution in [0.2, 0.25) is 15.1 Å². The molecule has 4 rings (SSSR count). The van der Waals surface area contributed by atoms with Crippen LogP contribution in [0.3, 0.4) is 0 Å². The van der Waals surface area contributed by atoms with Gasteiger partial charge in [0.1, 0.15) is 18.3 Å². The van der Waals surface area contributed by atoms with Gasteiger partial charge in [0, 0.05) is 39.6 Å². The predicted molar refractivity (Wildman–Crippen MR) is 192 cm³/mol. The van der Waals surface area contributed by atoms with E-state index in [4.69, 9.17) is 39.5 Å². The maximum atomic E-state index is 14.7. The summed E-state index contributed by atoms with van der Waals surface area (Å²) in [5.41, 5.74) is 1.46. The Morgan fingerprint density at radius 2 is 1.46 bits per heavy atom. The summed E-state index contributed by atoms with van der Waals surface area (Å²) in [5, 5.41) is 3.97. The highest BCUT2D eigenvalue weighted by atomic mass is 35.5. The van der Waals surface area contributed by atoms with Gasteiger partial charge in [-0.05, 0) is 86.5 Å². The molecule has 0 aliphatic rings. The Labute approximate surface area is 297 Å². The van der Waals surface area contributed by atoms with Crippen molar-refractivity contribution in [2.75, 3.05) is 17.5 Å². The van der Waals surface area contributed by atoms with Crippen molar-refractivity contribution >= 4 is 62.3 Å². The number of nitrogens with one attached hydrogen (secondary N) is 1. The summed E-state index contributed by atoms with van der Waals surface area (Å²) in [7, 11) is -4.31. The van der Waals surface area contributed by atoms with Crippen molar-refractivity contribution in [2.45, 2.75) is 57.1 Å². The van der Waals surface area contributed by atoms with E-state index in [1.807, 2.05) is 51.1 Å². The molecule has 0 radical (unpaired) electrons. The Morgan fingerprint density at radius 3 is 2.04 bits per heavy atom. The fourth-order valence-electron chi connectivity index (χ4n) is 4.99. The Kier molecular flexibility index (Phi) is 13.2. The van der Waals surface area contributed by atoms with E-state index in [1.54, 1.807) is 42.5 Å². The summed E-state index contributed by atoms with van der Waals surface area (Å²) >= 11 is 19.2. The number of amides is 2. The second-order valence-corrected chi connectivity index (χ2v) is 14.3. The van der Waals surface area contributed by atoms with Crippen LogP contribution in [0.4, 0.5) is 5.69 Å². The molecule has 0 aromatic heterocycles. The van der Waals surface area contributed by atoms with Gasteiger partial charge in [-0.15, -0.1) is 0 Å². The van der Waals surface area contributed by atoms with Crippen molar-refractivity contribution in [3.63, 3.8) is 0 Å². The summed E-state index contributed by atoms with van der Waals surface area (Å²) in [6.07, 6.45) is 0.822. The molecule has 0 aliphatic heterocycles. The average Bonchev–Trinajstić information content (AvgIpc) is 3.07. The van der Waals surface area contributed by atoms with Gasteiger partial charge in [-0.25, -0.2) is 8.42 Å². The molecule has 0 spiro atoms. The third kappa shape index (κ3) is 9.44. The van der Waals surface area contributed by atoms with Crippen LogP contribution >= 0.6 is 34.8 Å². The van der Waals surface area contributed by atoms with Gasteiger partial charge in [-0.2, -0.15) is 0 Å². The number of sulfonamides is 1. The van der Waals surface area contributed by atoms with Crippen LogP contribution in [0.1, 0.15) is 38.3 Å². The fraction of sp³-hybridized carbons (Fsp3) is 0.278. The zero-order chi connectivity index (χ0) is 34.8. The monoisotopic (exact) mass is 729 g/mol. The SMILES string of the molecule is CCOc1ccc(N(CC(=O)N(Cc2c(Cl)cccc2Cl)[C@@H](Cc2ccccc2)C(=O)N[C@H](C)CC)S(=O)(=O)c2ccc(Cl)cc2)cc1. The van der Waals surface area contributed by atoms with Crippen molar-refractivity contribution in [3.8, 4) is 5.75 Å². The van der Waals surface area contributed by atoms with E-state index in [0.29, 0.717) is 39.4 Å². The minimum atomic E-state index is -4.31. The molecule has 12 heteroatoms. The first-order valence-electron chi connectivity index (χ1n) is 15.5. The highest BCUT2D eigenvalue weighted by molar-refractivity contribution is 7.92.